The number of aromatic nitrogens is 1. The summed E-state index contributed by atoms with van der Waals surface area (Å²) in [6, 6.07) is 0. The number of alkyl halides is 2. The van der Waals surface area contributed by atoms with Gasteiger partial charge in [-0.2, -0.15) is 0 Å². The Morgan fingerprint density at radius 2 is 2.04 bits per heavy atom. The van der Waals surface area contributed by atoms with Crippen LogP contribution in [0.4, 0.5) is 8.78 Å². The van der Waals surface area contributed by atoms with Gasteiger partial charge in [0.15, 0.2) is 0 Å². The van der Waals surface area contributed by atoms with Gasteiger partial charge in [-0.05, 0) is 31.7 Å². The third-order valence-corrected chi connectivity index (χ3v) is 7.04. The molecule has 0 N–H and O–H groups in total. The Morgan fingerprint density at radius 1 is 1.20 bits per heavy atom. The second-order valence-corrected chi connectivity index (χ2v) is 9.05. The molecule has 0 amide bonds. The first kappa shape index (κ1) is 17.7. The Labute approximate surface area is 152 Å². The van der Waals surface area contributed by atoms with Crippen LogP contribution in [0, 0.1) is 5.92 Å². The topological polar surface area (TPSA) is 25.4 Å². The summed E-state index contributed by atoms with van der Waals surface area (Å²) in [5.41, 5.74) is 1.11. The zero-order valence-electron chi connectivity index (χ0n) is 14.8. The van der Waals surface area contributed by atoms with Crippen molar-refractivity contribution >= 4 is 11.3 Å². The number of fused-ring (bicyclic) bond motifs is 1. The van der Waals surface area contributed by atoms with E-state index >= 15 is 0 Å². The predicted octanol–water partition coefficient (Wildman–Crippen LogP) is 5.04. The van der Waals surface area contributed by atoms with Crippen molar-refractivity contribution in [1.29, 1.82) is 0 Å². The van der Waals surface area contributed by atoms with Gasteiger partial charge in [0.05, 0.1) is 5.69 Å². The summed E-state index contributed by atoms with van der Waals surface area (Å²) in [6.07, 6.45) is 9.20. The molecule has 0 spiro atoms. The van der Waals surface area contributed by atoms with Crippen LogP contribution in [-0.2, 0) is 13.0 Å². The lowest BCUT2D eigenvalue weighted by Gasteiger charge is -2.29. The van der Waals surface area contributed by atoms with Crippen LogP contribution in [0.15, 0.2) is 0 Å². The Morgan fingerprint density at radius 3 is 2.80 bits per heavy atom. The van der Waals surface area contributed by atoms with Gasteiger partial charge in [-0.3, -0.25) is 4.90 Å². The van der Waals surface area contributed by atoms with Gasteiger partial charge in [0, 0.05) is 30.8 Å². The minimum atomic E-state index is -2.56. The van der Waals surface area contributed by atoms with Crippen LogP contribution < -0.4 is 4.74 Å². The van der Waals surface area contributed by atoms with Gasteiger partial charge in [-0.15, -0.1) is 0 Å². The molecular weight excluding hydrogens is 342 g/mol. The normalized spacial score (nSPS) is 27.4. The summed E-state index contributed by atoms with van der Waals surface area (Å²) in [6.45, 7) is 3.14. The molecular formula is C19H28F2N2OS. The van der Waals surface area contributed by atoms with E-state index < -0.39 is 5.92 Å². The first-order chi connectivity index (χ1) is 12.1. The van der Waals surface area contributed by atoms with Gasteiger partial charge in [0.25, 0.3) is 11.1 Å². The molecule has 2 aliphatic carbocycles. The molecule has 0 bridgehead atoms. The lowest BCUT2D eigenvalue weighted by atomic mass is 9.87. The summed E-state index contributed by atoms with van der Waals surface area (Å²) in [4.78, 5) is 8.41. The van der Waals surface area contributed by atoms with Gasteiger partial charge in [-0.25, -0.2) is 13.8 Å². The number of hydrogen-bond acceptors (Lipinski definition) is 4. The average Bonchev–Trinajstić information content (AvgIpc) is 3.15. The Kier molecular flexibility index (Phi) is 5.28. The molecule has 1 aromatic rings. The van der Waals surface area contributed by atoms with Crippen LogP contribution in [0.2, 0.25) is 0 Å². The largest absolute Gasteiger partial charge is 0.466 e. The molecule has 2 fully saturated rings. The molecule has 4 rings (SSSR count). The van der Waals surface area contributed by atoms with E-state index in [1.807, 2.05) is 0 Å². The molecule has 2 heterocycles. The highest BCUT2D eigenvalue weighted by atomic mass is 32.1. The van der Waals surface area contributed by atoms with E-state index in [2.05, 4.69) is 9.88 Å². The van der Waals surface area contributed by atoms with Crippen molar-refractivity contribution in [2.24, 2.45) is 5.92 Å². The van der Waals surface area contributed by atoms with Crippen molar-refractivity contribution in [2.75, 3.05) is 13.1 Å². The maximum atomic E-state index is 13.3. The fourth-order valence-electron chi connectivity index (χ4n) is 4.46. The molecule has 0 radical (unpaired) electrons. The number of rotatable bonds is 5. The quantitative estimate of drug-likeness (QED) is 0.726. The highest BCUT2D eigenvalue weighted by Gasteiger charge is 2.41. The van der Waals surface area contributed by atoms with Gasteiger partial charge >= 0.3 is 0 Å². The molecule has 0 saturated heterocycles. The van der Waals surface area contributed by atoms with Gasteiger partial charge < -0.3 is 4.74 Å². The number of nitrogens with zero attached hydrogens (tertiary/aromatic N) is 2. The summed E-state index contributed by atoms with van der Waals surface area (Å²) in [5.74, 6) is -1.65. The van der Waals surface area contributed by atoms with E-state index in [1.165, 1.54) is 43.4 Å². The van der Waals surface area contributed by atoms with Crippen LogP contribution in [0.3, 0.4) is 0 Å². The van der Waals surface area contributed by atoms with Gasteiger partial charge in [0.2, 0.25) is 0 Å². The maximum absolute atomic E-state index is 13.3. The minimum Gasteiger partial charge on any atom is -0.466 e. The lowest BCUT2D eigenvalue weighted by molar-refractivity contribution is -0.00108. The molecule has 1 aliphatic heterocycles. The Balaban J connectivity index is 1.28. The van der Waals surface area contributed by atoms with Gasteiger partial charge in [0.1, 0.15) is 6.10 Å². The van der Waals surface area contributed by atoms with Crippen molar-refractivity contribution in [3.63, 3.8) is 0 Å². The first-order valence-corrected chi connectivity index (χ1v) is 10.6. The number of hydrogen-bond donors (Lipinski definition) is 0. The fraction of sp³-hybridized carbons (Fsp3) is 0.842. The van der Waals surface area contributed by atoms with Crippen LogP contribution in [0.1, 0.15) is 68.4 Å². The molecule has 140 valence electrons. The predicted molar refractivity (Wildman–Crippen MR) is 95.5 cm³/mol. The first-order valence-electron chi connectivity index (χ1n) is 9.83. The van der Waals surface area contributed by atoms with Crippen LogP contribution in [0.25, 0.3) is 0 Å². The lowest BCUT2D eigenvalue weighted by Crippen LogP contribution is -2.32. The Bertz CT molecular complexity index is 586. The fourth-order valence-corrected chi connectivity index (χ4v) is 5.44. The molecule has 2 saturated carbocycles. The second kappa shape index (κ2) is 7.47. The third-order valence-electron chi connectivity index (χ3n) is 5.99. The smallest absolute Gasteiger partial charge is 0.273 e. The summed E-state index contributed by atoms with van der Waals surface area (Å²) >= 11 is 1.57. The average molecular weight is 371 g/mol. The van der Waals surface area contributed by atoms with E-state index in [9.17, 15) is 8.78 Å². The number of halogens is 2. The maximum Gasteiger partial charge on any atom is 0.273 e. The zero-order chi connectivity index (χ0) is 17.3. The standard InChI is InChI=1S/C19H28F2N2OS/c20-19(21)9-6-15(12-19)24-18-22-16-13-23(11-8-17(16)25-18)10-7-14-4-2-1-3-5-14/h14-15H,1-13H2. The number of thiazole rings is 1. The molecule has 3 nitrogen and oxygen atoms in total. The van der Waals surface area contributed by atoms with E-state index in [0.717, 1.165) is 37.7 Å². The van der Waals surface area contributed by atoms with Crippen molar-refractivity contribution in [1.82, 2.24) is 9.88 Å². The monoisotopic (exact) mass is 370 g/mol. The van der Waals surface area contributed by atoms with Crippen LogP contribution in [0.5, 0.6) is 5.19 Å². The van der Waals surface area contributed by atoms with Crippen molar-refractivity contribution in [2.45, 2.75) is 82.8 Å². The van der Waals surface area contributed by atoms with Crippen LogP contribution >= 0.6 is 11.3 Å². The third kappa shape index (κ3) is 4.51. The number of ether oxygens (including phenoxy) is 1. The Hall–Kier alpha value is -0.750. The molecule has 6 heteroatoms. The highest BCUT2D eigenvalue weighted by Crippen LogP contribution is 2.38. The molecule has 0 aromatic carbocycles. The summed E-state index contributed by atoms with van der Waals surface area (Å²) in [5, 5.41) is 0.599. The van der Waals surface area contributed by atoms with E-state index in [4.69, 9.17) is 4.74 Å². The van der Waals surface area contributed by atoms with Crippen molar-refractivity contribution < 1.29 is 13.5 Å². The summed E-state index contributed by atoms with van der Waals surface area (Å²) < 4.78 is 32.4. The molecule has 3 aliphatic rings. The minimum absolute atomic E-state index is 0.0578. The SMILES string of the molecule is FC1(F)CCC(Oc2nc3c(s2)CCN(CCC2CCCCC2)C3)C1. The highest BCUT2D eigenvalue weighted by molar-refractivity contribution is 7.13. The van der Waals surface area contributed by atoms with E-state index in [1.54, 1.807) is 11.3 Å². The molecule has 1 aromatic heterocycles. The van der Waals surface area contributed by atoms with Crippen molar-refractivity contribution in [3.05, 3.63) is 10.6 Å². The van der Waals surface area contributed by atoms with Crippen molar-refractivity contribution in [3.8, 4) is 5.19 Å². The van der Waals surface area contributed by atoms with Crippen LogP contribution in [-0.4, -0.2) is 35.0 Å². The second-order valence-electron chi connectivity index (χ2n) is 8.01. The zero-order valence-corrected chi connectivity index (χ0v) is 15.6. The molecule has 25 heavy (non-hydrogen) atoms. The van der Waals surface area contributed by atoms with E-state index in [0.29, 0.717) is 11.6 Å². The van der Waals surface area contributed by atoms with Gasteiger partial charge in [-0.1, -0.05) is 43.4 Å². The summed E-state index contributed by atoms with van der Waals surface area (Å²) in [7, 11) is 0. The van der Waals surface area contributed by atoms with E-state index in [-0.39, 0.29) is 18.9 Å². The molecule has 1 atom stereocenters. The molecule has 1 unspecified atom stereocenters.